The number of nitrogens with zero attached hydrogens (tertiary/aromatic N) is 2. The van der Waals surface area contributed by atoms with Gasteiger partial charge in [0, 0.05) is 6.20 Å². The third kappa shape index (κ3) is 2.49. The van der Waals surface area contributed by atoms with E-state index in [1.54, 1.807) is 18.3 Å². The van der Waals surface area contributed by atoms with E-state index in [0.717, 1.165) is 11.1 Å². The average molecular weight is 263 g/mol. The van der Waals surface area contributed by atoms with Crippen LogP contribution in [0, 0.1) is 6.92 Å². The molecule has 98 valence electrons. The summed E-state index contributed by atoms with van der Waals surface area (Å²) in [6.45, 7) is 2.03. The average Bonchev–Trinajstić information content (AvgIpc) is 2.90. The molecular formula is C16H13N3O. The quantitative estimate of drug-likeness (QED) is 0.583. The van der Waals surface area contributed by atoms with Crippen molar-refractivity contribution in [1.82, 2.24) is 15.0 Å². The maximum Gasteiger partial charge on any atom is 0.221 e. The number of aromatic amines is 1. The highest BCUT2D eigenvalue weighted by atomic mass is 16.1. The van der Waals surface area contributed by atoms with Gasteiger partial charge in [0.25, 0.3) is 0 Å². The van der Waals surface area contributed by atoms with Crippen LogP contribution in [0.4, 0.5) is 0 Å². The molecule has 0 spiro atoms. The Morgan fingerprint density at radius 1 is 1.20 bits per heavy atom. The molecule has 0 radical (unpaired) electrons. The van der Waals surface area contributed by atoms with Crippen LogP contribution in [0.3, 0.4) is 0 Å². The Kier molecular flexibility index (Phi) is 3.13. The van der Waals surface area contributed by atoms with Gasteiger partial charge in [-0.3, -0.25) is 4.79 Å². The molecule has 1 N–H and O–H groups in total. The summed E-state index contributed by atoms with van der Waals surface area (Å²) in [7, 11) is 0. The number of aryl methyl sites for hydroxylation is 1. The Bertz CT molecular complexity index is 752. The van der Waals surface area contributed by atoms with E-state index < -0.39 is 0 Å². The lowest BCUT2D eigenvalue weighted by Gasteiger charge is -1.94. The number of benzene rings is 1. The Hall–Kier alpha value is -2.75. The second kappa shape index (κ2) is 5.09. The number of carbonyl (C=O) groups is 1. The van der Waals surface area contributed by atoms with Gasteiger partial charge in [0.15, 0.2) is 11.5 Å². The summed E-state index contributed by atoms with van der Waals surface area (Å²) >= 11 is 0. The fourth-order valence-electron chi connectivity index (χ4n) is 1.89. The summed E-state index contributed by atoms with van der Waals surface area (Å²) in [6.07, 6.45) is 4.95. The molecule has 0 unspecified atom stereocenters. The van der Waals surface area contributed by atoms with Crippen LogP contribution in [0.15, 0.2) is 48.7 Å². The van der Waals surface area contributed by atoms with E-state index >= 15 is 0 Å². The summed E-state index contributed by atoms with van der Waals surface area (Å²) in [4.78, 5) is 23.3. The van der Waals surface area contributed by atoms with E-state index in [1.807, 2.05) is 37.3 Å². The van der Waals surface area contributed by atoms with Crippen molar-refractivity contribution < 1.29 is 4.79 Å². The number of imidazole rings is 1. The molecule has 4 heteroatoms. The molecular weight excluding hydrogens is 250 g/mol. The number of carbonyl (C=O) groups excluding carboxylic acids is 1. The van der Waals surface area contributed by atoms with E-state index in [2.05, 4.69) is 15.0 Å². The molecule has 0 bridgehead atoms. The number of ketones is 1. The minimum absolute atomic E-state index is 0.163. The van der Waals surface area contributed by atoms with Crippen molar-refractivity contribution in [2.24, 2.45) is 0 Å². The number of rotatable bonds is 3. The fourth-order valence-corrected chi connectivity index (χ4v) is 1.89. The number of nitrogens with one attached hydrogen (secondary N) is 1. The molecule has 0 aliphatic carbocycles. The van der Waals surface area contributed by atoms with Crippen LogP contribution in [-0.2, 0) is 0 Å². The van der Waals surface area contributed by atoms with Crippen molar-refractivity contribution in [2.75, 3.05) is 0 Å². The van der Waals surface area contributed by atoms with Crippen molar-refractivity contribution in [2.45, 2.75) is 6.92 Å². The van der Waals surface area contributed by atoms with Gasteiger partial charge in [-0.05, 0) is 30.7 Å². The van der Waals surface area contributed by atoms with Gasteiger partial charge in [-0.25, -0.2) is 9.97 Å². The Balaban J connectivity index is 1.83. The van der Waals surface area contributed by atoms with Crippen molar-refractivity contribution in [3.63, 3.8) is 0 Å². The van der Waals surface area contributed by atoms with Crippen LogP contribution in [0.5, 0.6) is 0 Å². The van der Waals surface area contributed by atoms with Crippen molar-refractivity contribution in [1.29, 1.82) is 0 Å². The first-order valence-corrected chi connectivity index (χ1v) is 6.32. The number of allylic oxidation sites excluding steroid dienone is 1. The second-order valence-electron chi connectivity index (χ2n) is 4.57. The molecule has 0 aliphatic rings. The van der Waals surface area contributed by atoms with Crippen LogP contribution in [-0.4, -0.2) is 20.7 Å². The third-order valence-electron chi connectivity index (χ3n) is 3.00. The molecule has 4 nitrogen and oxygen atoms in total. The lowest BCUT2D eigenvalue weighted by molar-refractivity contribution is 0.103. The lowest BCUT2D eigenvalue weighted by Crippen LogP contribution is -1.96. The third-order valence-corrected chi connectivity index (χ3v) is 3.00. The maximum absolute atomic E-state index is 12.0. The van der Waals surface area contributed by atoms with E-state index in [0.29, 0.717) is 11.5 Å². The molecule has 2 aromatic heterocycles. The predicted octanol–water partition coefficient (Wildman–Crippen LogP) is 3.16. The van der Waals surface area contributed by atoms with Crippen LogP contribution in [0.1, 0.15) is 21.7 Å². The molecule has 3 aromatic rings. The minimum atomic E-state index is -0.163. The van der Waals surface area contributed by atoms with Crippen LogP contribution < -0.4 is 0 Å². The first kappa shape index (κ1) is 12.3. The van der Waals surface area contributed by atoms with E-state index in [4.69, 9.17) is 0 Å². The maximum atomic E-state index is 12.0. The summed E-state index contributed by atoms with van der Waals surface area (Å²) in [5.41, 5.74) is 3.49. The van der Waals surface area contributed by atoms with Gasteiger partial charge in [-0.15, -0.1) is 0 Å². The Morgan fingerprint density at radius 2 is 2.00 bits per heavy atom. The van der Waals surface area contributed by atoms with Crippen LogP contribution >= 0.6 is 0 Å². The minimum Gasteiger partial charge on any atom is -0.334 e. The summed E-state index contributed by atoms with van der Waals surface area (Å²) in [5.74, 6) is 0.144. The van der Waals surface area contributed by atoms with Crippen LogP contribution in [0.25, 0.3) is 17.2 Å². The molecule has 20 heavy (non-hydrogen) atoms. The first-order chi connectivity index (χ1) is 9.72. The van der Waals surface area contributed by atoms with Gasteiger partial charge < -0.3 is 4.98 Å². The van der Waals surface area contributed by atoms with Crippen molar-refractivity contribution in [3.8, 4) is 0 Å². The van der Waals surface area contributed by atoms with Crippen molar-refractivity contribution >= 4 is 23.0 Å². The highest BCUT2D eigenvalue weighted by molar-refractivity contribution is 6.05. The van der Waals surface area contributed by atoms with Gasteiger partial charge in [-0.2, -0.15) is 0 Å². The summed E-state index contributed by atoms with van der Waals surface area (Å²) in [6, 6.07) is 11.6. The fraction of sp³-hybridized carbons (Fsp3) is 0.0625. The number of H-pyrrole nitrogens is 1. The van der Waals surface area contributed by atoms with E-state index in [-0.39, 0.29) is 5.78 Å². The first-order valence-electron chi connectivity index (χ1n) is 6.32. The van der Waals surface area contributed by atoms with Crippen LogP contribution in [0.2, 0.25) is 0 Å². The van der Waals surface area contributed by atoms with Gasteiger partial charge in [-0.1, -0.05) is 35.9 Å². The molecule has 0 fully saturated rings. The topological polar surface area (TPSA) is 58.6 Å². The summed E-state index contributed by atoms with van der Waals surface area (Å²) in [5, 5.41) is 0. The molecule has 0 saturated heterocycles. The number of hydrogen-bond acceptors (Lipinski definition) is 3. The zero-order valence-corrected chi connectivity index (χ0v) is 11.0. The number of fused-ring (bicyclic) bond motifs is 1. The Morgan fingerprint density at radius 3 is 2.75 bits per heavy atom. The van der Waals surface area contributed by atoms with E-state index in [1.165, 1.54) is 11.6 Å². The lowest BCUT2D eigenvalue weighted by atomic mass is 10.1. The zero-order valence-electron chi connectivity index (χ0n) is 11.0. The molecule has 2 heterocycles. The molecule has 0 saturated carbocycles. The van der Waals surface area contributed by atoms with Gasteiger partial charge >= 0.3 is 0 Å². The molecule has 0 aliphatic heterocycles. The standard InChI is InChI=1S/C16H13N3O/c1-11-4-6-12(7-5-11)8-9-14(20)16-18-13-3-2-10-17-15(13)19-16/h2-10H,1H3,(H,17,18,19)/b9-8+. The molecule has 1 aromatic carbocycles. The van der Waals surface area contributed by atoms with Gasteiger partial charge in [0.05, 0.1) is 5.52 Å². The monoisotopic (exact) mass is 263 g/mol. The summed E-state index contributed by atoms with van der Waals surface area (Å²) < 4.78 is 0. The smallest absolute Gasteiger partial charge is 0.221 e. The van der Waals surface area contributed by atoms with E-state index in [9.17, 15) is 4.79 Å². The molecule has 0 atom stereocenters. The second-order valence-corrected chi connectivity index (χ2v) is 4.57. The molecule has 3 rings (SSSR count). The number of hydrogen-bond donors (Lipinski definition) is 1. The predicted molar refractivity (Wildman–Crippen MR) is 78.4 cm³/mol. The van der Waals surface area contributed by atoms with Gasteiger partial charge in [0.2, 0.25) is 5.78 Å². The number of aromatic nitrogens is 3. The van der Waals surface area contributed by atoms with Crippen molar-refractivity contribution in [3.05, 3.63) is 65.6 Å². The zero-order chi connectivity index (χ0) is 13.9. The Labute approximate surface area is 116 Å². The molecule has 0 amide bonds. The highest BCUT2D eigenvalue weighted by Crippen LogP contribution is 2.10. The largest absolute Gasteiger partial charge is 0.334 e. The highest BCUT2D eigenvalue weighted by Gasteiger charge is 2.08. The number of pyridine rings is 1. The normalized spacial score (nSPS) is 11.2. The SMILES string of the molecule is Cc1ccc(/C=C/C(=O)c2nc3ncccc3[nH]2)cc1. The van der Waals surface area contributed by atoms with Gasteiger partial charge in [0.1, 0.15) is 0 Å².